The maximum absolute atomic E-state index is 13.9. The number of halogens is 1. The second-order valence-electron chi connectivity index (χ2n) is 11.0. The first kappa shape index (κ1) is 30.3. The number of fused-ring (bicyclic) bond motifs is 1. The van der Waals surface area contributed by atoms with Crippen molar-refractivity contribution < 1.29 is 17.9 Å². The largest absolute Gasteiger partial charge is 0.459 e. The third-order valence-corrected chi connectivity index (χ3v) is 7.98. The normalized spacial score (nSPS) is 12.1. The first-order chi connectivity index (χ1) is 19.2. The predicted molar refractivity (Wildman–Crippen MR) is 162 cm³/mol. The minimum atomic E-state index is -4.17. The minimum absolute atomic E-state index is 0.0155. The molecule has 0 aliphatic rings. The van der Waals surface area contributed by atoms with Crippen LogP contribution in [0.1, 0.15) is 26.3 Å². The Morgan fingerprint density at radius 2 is 1.83 bits per heavy atom. The van der Waals surface area contributed by atoms with E-state index in [1.54, 1.807) is 64.4 Å². The number of carbonyl (C=O) groups is 1. The molecule has 10 nitrogen and oxygen atoms in total. The van der Waals surface area contributed by atoms with Gasteiger partial charge in [0.05, 0.1) is 28.5 Å². The van der Waals surface area contributed by atoms with Gasteiger partial charge in [0.25, 0.3) is 10.0 Å². The number of anilines is 2. The molecule has 0 unspecified atom stereocenters. The number of carbonyl (C=O) groups excluding carboxylic acids is 1. The Balaban J connectivity index is 1.68. The number of aromatic nitrogens is 3. The fourth-order valence-electron chi connectivity index (χ4n) is 4.21. The van der Waals surface area contributed by atoms with Crippen LogP contribution in [-0.2, 0) is 19.6 Å². The number of ether oxygens (including phenoxy) is 1. The van der Waals surface area contributed by atoms with Gasteiger partial charge in [0, 0.05) is 29.7 Å². The molecule has 0 radical (unpaired) electrons. The van der Waals surface area contributed by atoms with Gasteiger partial charge in [0.1, 0.15) is 18.0 Å². The van der Waals surface area contributed by atoms with Crippen LogP contribution >= 0.6 is 11.6 Å². The van der Waals surface area contributed by atoms with Crippen LogP contribution in [0.4, 0.5) is 11.5 Å². The Morgan fingerprint density at radius 3 is 2.46 bits per heavy atom. The fraction of sp³-hybridized carbons (Fsp3) is 0.345. The first-order valence-corrected chi connectivity index (χ1v) is 14.9. The lowest BCUT2D eigenvalue weighted by Gasteiger charge is -2.26. The van der Waals surface area contributed by atoms with Crippen LogP contribution in [0.3, 0.4) is 0 Å². The highest BCUT2D eigenvalue weighted by atomic mass is 35.5. The smallest absolute Gasteiger partial charge is 0.327 e. The number of benzene rings is 2. The molecule has 41 heavy (non-hydrogen) atoms. The number of sulfonamides is 1. The Labute approximate surface area is 246 Å². The molecule has 0 spiro atoms. The van der Waals surface area contributed by atoms with Crippen LogP contribution in [0.15, 0.2) is 66.0 Å². The molecule has 0 saturated carbocycles. The maximum Gasteiger partial charge on any atom is 0.327 e. The average Bonchev–Trinajstić information content (AvgIpc) is 3.29. The summed E-state index contributed by atoms with van der Waals surface area (Å²) in [5, 5.41) is 4.28. The van der Waals surface area contributed by atoms with Gasteiger partial charge in [-0.15, -0.1) is 0 Å². The van der Waals surface area contributed by atoms with Crippen molar-refractivity contribution >= 4 is 50.0 Å². The van der Waals surface area contributed by atoms with Crippen LogP contribution < -0.4 is 9.62 Å². The second-order valence-corrected chi connectivity index (χ2v) is 13.3. The molecule has 0 amide bonds. The van der Waals surface area contributed by atoms with Gasteiger partial charge in [-0.1, -0.05) is 11.6 Å². The summed E-state index contributed by atoms with van der Waals surface area (Å²) in [5.41, 5.74) is 1.01. The highest BCUT2D eigenvalue weighted by molar-refractivity contribution is 7.92. The van der Waals surface area contributed by atoms with Crippen molar-refractivity contribution in [3.8, 4) is 5.82 Å². The Morgan fingerprint density at radius 1 is 1.07 bits per heavy atom. The molecular weight excluding hydrogens is 564 g/mol. The van der Waals surface area contributed by atoms with Gasteiger partial charge in [-0.05, 0) is 89.8 Å². The zero-order valence-corrected chi connectivity index (χ0v) is 25.6. The van der Waals surface area contributed by atoms with Gasteiger partial charge in [-0.25, -0.2) is 18.4 Å². The Hall–Kier alpha value is -3.67. The number of nitrogens with one attached hydrogen (secondary N) is 1. The number of aryl methyl sites for hydroxylation is 1. The summed E-state index contributed by atoms with van der Waals surface area (Å²) in [6, 6.07) is 11.6. The number of rotatable bonds is 10. The summed E-state index contributed by atoms with van der Waals surface area (Å²) in [6.45, 7) is 8.05. The van der Waals surface area contributed by atoms with Gasteiger partial charge in [-0.2, -0.15) is 0 Å². The van der Waals surface area contributed by atoms with E-state index in [0.29, 0.717) is 22.9 Å². The van der Waals surface area contributed by atoms with Crippen LogP contribution in [0.25, 0.3) is 16.7 Å². The molecule has 0 bridgehead atoms. The van der Waals surface area contributed by atoms with Crippen LogP contribution in [0.2, 0.25) is 5.02 Å². The summed E-state index contributed by atoms with van der Waals surface area (Å²) < 4.78 is 36.1. The van der Waals surface area contributed by atoms with Crippen molar-refractivity contribution in [2.75, 3.05) is 43.4 Å². The topological polar surface area (TPSA) is 110 Å². The molecule has 4 rings (SSSR count). The number of nitrogens with zero attached hydrogens (tertiary/aromatic N) is 5. The highest BCUT2D eigenvalue weighted by Gasteiger charge is 2.30. The standard InChI is InChI=1S/C29H35ClN6O4S/c1-20-13-22(30)16-24(14-20)41(38,39)36(19-28(37)40-29(2,3)4)23-7-8-25-21(15-23)9-11-35(25)27-18-32-26(17-33-27)31-10-12-34(5)6/h7-9,11,13-18H,10,12,19H2,1-6H3,(H,31,32). The minimum Gasteiger partial charge on any atom is -0.459 e. The van der Waals surface area contributed by atoms with Crippen LogP contribution in [0.5, 0.6) is 0 Å². The molecule has 218 valence electrons. The van der Waals surface area contributed by atoms with Gasteiger partial charge in [0.15, 0.2) is 5.82 Å². The summed E-state index contributed by atoms with van der Waals surface area (Å²) in [6.07, 6.45) is 5.18. The Kier molecular flexibility index (Phi) is 8.91. The highest BCUT2D eigenvalue weighted by Crippen LogP contribution is 2.30. The zero-order valence-electron chi connectivity index (χ0n) is 24.1. The molecule has 1 N–H and O–H groups in total. The van der Waals surface area contributed by atoms with Gasteiger partial charge in [0.2, 0.25) is 0 Å². The SMILES string of the molecule is Cc1cc(Cl)cc(S(=O)(=O)N(CC(=O)OC(C)(C)C)c2ccc3c(ccn3-c3cnc(NCCN(C)C)cn3)c2)c1. The van der Waals surface area contributed by atoms with E-state index in [0.717, 1.165) is 28.3 Å². The molecule has 0 fully saturated rings. The van der Waals surface area contributed by atoms with Crippen molar-refractivity contribution in [2.24, 2.45) is 0 Å². The number of likely N-dealkylation sites (N-methyl/N-ethyl adjacent to an activating group) is 1. The van der Waals surface area contributed by atoms with E-state index < -0.39 is 28.1 Å². The van der Waals surface area contributed by atoms with Crippen molar-refractivity contribution in [2.45, 2.75) is 38.2 Å². The lowest BCUT2D eigenvalue weighted by atomic mass is 10.2. The van der Waals surface area contributed by atoms with E-state index in [2.05, 4.69) is 20.2 Å². The fourth-order valence-corrected chi connectivity index (χ4v) is 6.10. The van der Waals surface area contributed by atoms with Crippen molar-refractivity contribution in [1.29, 1.82) is 0 Å². The molecule has 12 heteroatoms. The molecule has 0 saturated heterocycles. The third kappa shape index (κ3) is 7.55. The summed E-state index contributed by atoms with van der Waals surface area (Å²) in [5.74, 6) is 0.610. The van der Waals surface area contributed by atoms with E-state index in [4.69, 9.17) is 16.3 Å². The third-order valence-electron chi connectivity index (χ3n) is 6.01. The monoisotopic (exact) mass is 598 g/mol. The molecular formula is C29H35ClN6O4S. The maximum atomic E-state index is 13.9. The molecule has 0 aliphatic carbocycles. The molecule has 2 aromatic carbocycles. The predicted octanol–water partition coefficient (Wildman–Crippen LogP) is 4.89. The number of hydrogen-bond donors (Lipinski definition) is 1. The van der Waals surface area contributed by atoms with E-state index in [1.807, 2.05) is 30.9 Å². The lowest BCUT2D eigenvalue weighted by Crippen LogP contribution is -2.39. The number of esters is 1. The van der Waals surface area contributed by atoms with E-state index >= 15 is 0 Å². The van der Waals surface area contributed by atoms with Crippen molar-refractivity contribution in [3.63, 3.8) is 0 Å². The zero-order chi connectivity index (χ0) is 29.9. The van der Waals surface area contributed by atoms with E-state index in [-0.39, 0.29) is 9.92 Å². The molecule has 0 aliphatic heterocycles. The second kappa shape index (κ2) is 12.1. The van der Waals surface area contributed by atoms with E-state index in [1.165, 1.54) is 12.1 Å². The Bertz CT molecular complexity index is 1630. The van der Waals surface area contributed by atoms with Gasteiger partial charge < -0.3 is 15.0 Å². The lowest BCUT2D eigenvalue weighted by molar-refractivity contribution is -0.152. The summed E-state index contributed by atoms with van der Waals surface area (Å²) in [4.78, 5) is 23.9. The van der Waals surface area contributed by atoms with Crippen LogP contribution in [-0.4, -0.2) is 73.2 Å². The van der Waals surface area contributed by atoms with Crippen LogP contribution in [0, 0.1) is 6.92 Å². The summed E-state index contributed by atoms with van der Waals surface area (Å²) >= 11 is 6.19. The molecule has 4 aromatic rings. The van der Waals surface area contributed by atoms with Gasteiger partial charge in [-0.3, -0.25) is 13.7 Å². The molecule has 2 heterocycles. The molecule has 2 aromatic heterocycles. The number of hydrogen-bond acceptors (Lipinski definition) is 8. The summed E-state index contributed by atoms with van der Waals surface area (Å²) in [7, 11) is -0.166. The first-order valence-electron chi connectivity index (χ1n) is 13.1. The molecule has 0 atom stereocenters. The van der Waals surface area contributed by atoms with E-state index in [9.17, 15) is 13.2 Å². The van der Waals surface area contributed by atoms with Crippen molar-refractivity contribution in [3.05, 3.63) is 71.6 Å². The van der Waals surface area contributed by atoms with Gasteiger partial charge >= 0.3 is 5.97 Å². The average molecular weight is 599 g/mol. The quantitative estimate of drug-likeness (QED) is 0.257. The van der Waals surface area contributed by atoms with Crippen molar-refractivity contribution in [1.82, 2.24) is 19.4 Å².